The van der Waals surface area contributed by atoms with Crippen LogP contribution in [0.4, 0.5) is 0 Å². The van der Waals surface area contributed by atoms with Gasteiger partial charge in [-0.25, -0.2) is 0 Å². The van der Waals surface area contributed by atoms with Gasteiger partial charge in [-0.3, -0.25) is 4.79 Å². The first kappa shape index (κ1) is 15.2. The monoisotopic (exact) mass is 250 g/mol. The van der Waals surface area contributed by atoms with Gasteiger partial charge in [0.05, 0.1) is 6.61 Å². The average Bonchev–Trinajstić information content (AvgIpc) is 2.87. The van der Waals surface area contributed by atoms with Crippen molar-refractivity contribution < 1.29 is 9.53 Å². The molecule has 0 radical (unpaired) electrons. The van der Waals surface area contributed by atoms with Crippen molar-refractivity contribution in [3.63, 3.8) is 0 Å². The van der Waals surface area contributed by atoms with Gasteiger partial charge in [0, 0.05) is 12.3 Å². The number of carbonyl (C=O) groups is 1. The van der Waals surface area contributed by atoms with E-state index >= 15 is 0 Å². The van der Waals surface area contributed by atoms with E-state index in [1.165, 1.54) is 32.1 Å². The van der Waals surface area contributed by atoms with Gasteiger partial charge in [-0.2, -0.15) is 0 Å². The Morgan fingerprint density at radius 3 is 2.44 bits per heavy atom. The molecule has 0 unspecified atom stereocenters. The van der Waals surface area contributed by atoms with Crippen LogP contribution in [0.15, 0.2) is 24.3 Å². The molecule has 0 fully saturated rings. The molecule has 0 aromatic carbocycles. The van der Waals surface area contributed by atoms with Crippen molar-refractivity contribution in [2.24, 2.45) is 5.92 Å². The van der Waals surface area contributed by atoms with Crippen LogP contribution in [0.2, 0.25) is 0 Å². The first-order valence-corrected chi connectivity index (χ1v) is 7.27. The number of unbranched alkanes of at least 4 members (excludes halogenated alkanes) is 5. The molecule has 0 spiro atoms. The lowest BCUT2D eigenvalue weighted by Gasteiger charge is -2.06. The highest BCUT2D eigenvalue weighted by atomic mass is 16.5. The van der Waals surface area contributed by atoms with Crippen molar-refractivity contribution in [3.8, 4) is 0 Å². The smallest absolute Gasteiger partial charge is 0.158 e. The fourth-order valence-corrected chi connectivity index (χ4v) is 2.07. The lowest BCUT2D eigenvalue weighted by Crippen LogP contribution is -2.12. The molecule has 0 aromatic heterocycles. The topological polar surface area (TPSA) is 26.3 Å². The summed E-state index contributed by atoms with van der Waals surface area (Å²) in [6.45, 7) is 3.14. The molecule has 0 atom stereocenters. The Kier molecular flexibility index (Phi) is 8.49. The van der Waals surface area contributed by atoms with E-state index in [9.17, 15) is 4.79 Å². The summed E-state index contributed by atoms with van der Waals surface area (Å²) in [6, 6.07) is 0. The fourth-order valence-electron chi connectivity index (χ4n) is 2.07. The maximum atomic E-state index is 11.5. The maximum absolute atomic E-state index is 11.5. The zero-order valence-electron chi connectivity index (χ0n) is 11.6. The Morgan fingerprint density at radius 1 is 1.06 bits per heavy atom. The molecular formula is C16H26O2. The van der Waals surface area contributed by atoms with Gasteiger partial charge in [0.25, 0.3) is 0 Å². The lowest BCUT2D eigenvalue weighted by molar-refractivity contribution is -0.123. The van der Waals surface area contributed by atoms with Crippen LogP contribution in [0.1, 0.15) is 51.9 Å². The predicted molar refractivity (Wildman–Crippen MR) is 75.6 cm³/mol. The van der Waals surface area contributed by atoms with Gasteiger partial charge in [0.1, 0.15) is 6.61 Å². The molecule has 0 aromatic rings. The van der Waals surface area contributed by atoms with Crippen LogP contribution in [0.25, 0.3) is 0 Å². The number of carbonyl (C=O) groups excluding carboxylic acids is 1. The Morgan fingerprint density at radius 2 is 1.72 bits per heavy atom. The molecule has 18 heavy (non-hydrogen) atoms. The van der Waals surface area contributed by atoms with Gasteiger partial charge in [-0.15, -0.1) is 0 Å². The van der Waals surface area contributed by atoms with Crippen molar-refractivity contribution in [1.82, 2.24) is 0 Å². The highest BCUT2D eigenvalue weighted by molar-refractivity contribution is 5.79. The number of Topliss-reactive ketones (excluding diaryl/α,β-unsaturated/α-hetero) is 1. The second-order valence-corrected chi connectivity index (χ2v) is 5.01. The fraction of sp³-hybridized carbons (Fsp3) is 0.688. The van der Waals surface area contributed by atoms with Crippen molar-refractivity contribution in [1.29, 1.82) is 0 Å². The Balaban J connectivity index is 1.87. The summed E-state index contributed by atoms with van der Waals surface area (Å²) in [7, 11) is 0. The predicted octanol–water partition coefficient (Wildman–Crippen LogP) is 4.06. The van der Waals surface area contributed by atoms with Crippen molar-refractivity contribution >= 4 is 5.78 Å². The minimum absolute atomic E-state index is 0.247. The van der Waals surface area contributed by atoms with Gasteiger partial charge >= 0.3 is 0 Å². The lowest BCUT2D eigenvalue weighted by atomic mass is 10.1. The highest BCUT2D eigenvalue weighted by Crippen LogP contribution is 2.10. The molecule has 0 aliphatic heterocycles. The highest BCUT2D eigenvalue weighted by Gasteiger charge is 2.06. The van der Waals surface area contributed by atoms with Crippen LogP contribution in [-0.2, 0) is 9.53 Å². The van der Waals surface area contributed by atoms with E-state index in [4.69, 9.17) is 4.74 Å². The molecule has 1 aliphatic rings. The van der Waals surface area contributed by atoms with Gasteiger partial charge in [0.2, 0.25) is 0 Å². The summed E-state index contributed by atoms with van der Waals surface area (Å²) in [5.74, 6) is 0.614. The van der Waals surface area contributed by atoms with Crippen molar-refractivity contribution in [3.05, 3.63) is 24.3 Å². The molecule has 0 heterocycles. The third kappa shape index (κ3) is 7.44. The molecule has 1 rings (SSSR count). The molecule has 2 nitrogen and oxygen atoms in total. The molecule has 0 saturated heterocycles. The minimum Gasteiger partial charge on any atom is -0.373 e. The SMILES string of the molecule is CCCCCCCCC(=O)COCC1C=CC=C1. The van der Waals surface area contributed by atoms with Gasteiger partial charge < -0.3 is 4.74 Å². The summed E-state index contributed by atoms with van der Waals surface area (Å²) in [6.07, 6.45) is 16.3. The number of rotatable bonds is 11. The summed E-state index contributed by atoms with van der Waals surface area (Å²) in [4.78, 5) is 11.5. The molecule has 0 saturated carbocycles. The first-order valence-electron chi connectivity index (χ1n) is 7.27. The van der Waals surface area contributed by atoms with Crippen LogP contribution in [0, 0.1) is 5.92 Å². The van der Waals surface area contributed by atoms with Gasteiger partial charge in [0.15, 0.2) is 5.78 Å². The van der Waals surface area contributed by atoms with E-state index in [1.807, 2.05) is 12.2 Å². The molecule has 102 valence electrons. The second-order valence-electron chi connectivity index (χ2n) is 5.01. The molecule has 0 N–H and O–H groups in total. The first-order chi connectivity index (χ1) is 8.83. The van der Waals surface area contributed by atoms with E-state index in [-0.39, 0.29) is 12.4 Å². The summed E-state index contributed by atoms with van der Waals surface area (Å²) >= 11 is 0. The van der Waals surface area contributed by atoms with E-state index in [0.717, 1.165) is 6.42 Å². The zero-order valence-corrected chi connectivity index (χ0v) is 11.6. The molecule has 0 bridgehead atoms. The standard InChI is InChI=1S/C16H26O2/c1-2-3-4-5-6-7-12-16(17)14-18-13-15-10-8-9-11-15/h8-11,15H,2-7,12-14H2,1H3. The molecule has 1 aliphatic carbocycles. The number of allylic oxidation sites excluding steroid dienone is 2. The maximum Gasteiger partial charge on any atom is 0.158 e. The van der Waals surface area contributed by atoms with Crippen LogP contribution < -0.4 is 0 Å². The van der Waals surface area contributed by atoms with Crippen LogP contribution in [0.3, 0.4) is 0 Å². The minimum atomic E-state index is 0.247. The normalized spacial score (nSPS) is 14.5. The summed E-state index contributed by atoms with van der Waals surface area (Å²) in [5, 5.41) is 0. The Bertz CT molecular complexity index is 267. The van der Waals surface area contributed by atoms with Crippen LogP contribution in [-0.4, -0.2) is 19.0 Å². The number of hydrogen-bond acceptors (Lipinski definition) is 2. The van der Waals surface area contributed by atoms with Crippen LogP contribution in [0.5, 0.6) is 0 Å². The number of hydrogen-bond donors (Lipinski definition) is 0. The van der Waals surface area contributed by atoms with E-state index < -0.39 is 0 Å². The summed E-state index contributed by atoms with van der Waals surface area (Å²) < 4.78 is 5.42. The van der Waals surface area contributed by atoms with E-state index in [0.29, 0.717) is 18.9 Å². The van der Waals surface area contributed by atoms with Crippen molar-refractivity contribution in [2.45, 2.75) is 51.9 Å². The third-order valence-corrected chi connectivity index (χ3v) is 3.21. The van der Waals surface area contributed by atoms with Gasteiger partial charge in [-0.1, -0.05) is 63.3 Å². The third-order valence-electron chi connectivity index (χ3n) is 3.21. The van der Waals surface area contributed by atoms with Gasteiger partial charge in [-0.05, 0) is 6.42 Å². The molecular weight excluding hydrogens is 224 g/mol. The largest absolute Gasteiger partial charge is 0.373 e. The zero-order chi connectivity index (χ0) is 13.1. The number of ether oxygens (including phenoxy) is 1. The van der Waals surface area contributed by atoms with Crippen LogP contribution >= 0.6 is 0 Å². The average molecular weight is 250 g/mol. The molecule has 2 heteroatoms. The summed E-state index contributed by atoms with van der Waals surface area (Å²) in [5.41, 5.74) is 0. The van der Waals surface area contributed by atoms with Crippen molar-refractivity contribution in [2.75, 3.05) is 13.2 Å². The quantitative estimate of drug-likeness (QED) is 0.517. The molecule has 0 amide bonds. The van der Waals surface area contributed by atoms with E-state index in [2.05, 4.69) is 19.1 Å². The Hall–Kier alpha value is -0.890. The Labute approximate surface area is 111 Å². The van der Waals surface area contributed by atoms with E-state index in [1.54, 1.807) is 0 Å². The number of ketones is 1. The second kappa shape index (κ2) is 10.1.